The summed E-state index contributed by atoms with van der Waals surface area (Å²) in [6.45, 7) is 2.14. The molecule has 154 valence electrons. The summed E-state index contributed by atoms with van der Waals surface area (Å²) < 4.78 is 10.3. The maximum atomic E-state index is 11.8. The number of hydrogen-bond donors (Lipinski definition) is 1. The number of nitrogens with one attached hydrogen (secondary N) is 1. The Hall–Kier alpha value is -3.16. The first-order chi connectivity index (χ1) is 14.2. The van der Waals surface area contributed by atoms with Crippen molar-refractivity contribution in [3.05, 3.63) is 65.8 Å². The second-order valence-corrected chi connectivity index (χ2v) is 7.06. The molecule has 8 heteroatoms. The average molecular weight is 442 g/mol. The van der Waals surface area contributed by atoms with E-state index in [0.717, 1.165) is 32.8 Å². The van der Waals surface area contributed by atoms with E-state index >= 15 is 0 Å². The molecule has 0 radical (unpaired) electrons. The van der Waals surface area contributed by atoms with Crippen LogP contribution in [0.2, 0.25) is 0 Å². The van der Waals surface area contributed by atoms with E-state index in [1.54, 1.807) is 43.8 Å². The molecule has 0 unspecified atom stereocenters. The SMILES string of the molecule is CCOC(=O)c1ccc(Nc2ncnc3scc(-c4ccc(OC)cc4)c23)cc1.Cl. The third-order valence-electron chi connectivity index (χ3n) is 4.43. The molecule has 2 aromatic carbocycles. The Morgan fingerprint density at radius 1 is 1.07 bits per heavy atom. The van der Waals surface area contributed by atoms with Gasteiger partial charge in [-0.25, -0.2) is 14.8 Å². The van der Waals surface area contributed by atoms with Crippen molar-refractivity contribution in [1.29, 1.82) is 0 Å². The summed E-state index contributed by atoms with van der Waals surface area (Å²) in [4.78, 5) is 21.6. The third-order valence-corrected chi connectivity index (χ3v) is 5.32. The number of hydrogen-bond acceptors (Lipinski definition) is 7. The summed E-state index contributed by atoms with van der Waals surface area (Å²) in [5.74, 6) is 1.19. The maximum Gasteiger partial charge on any atom is 0.338 e. The average Bonchev–Trinajstić information content (AvgIpc) is 3.20. The second kappa shape index (κ2) is 9.56. The minimum Gasteiger partial charge on any atom is -0.497 e. The Morgan fingerprint density at radius 2 is 1.80 bits per heavy atom. The number of thiophene rings is 1. The van der Waals surface area contributed by atoms with Crippen molar-refractivity contribution in [3.63, 3.8) is 0 Å². The van der Waals surface area contributed by atoms with Gasteiger partial charge in [-0.1, -0.05) is 12.1 Å². The van der Waals surface area contributed by atoms with Crippen LogP contribution in [0.4, 0.5) is 11.5 Å². The van der Waals surface area contributed by atoms with Gasteiger partial charge in [0, 0.05) is 16.6 Å². The number of aromatic nitrogens is 2. The van der Waals surface area contributed by atoms with Crippen LogP contribution in [-0.2, 0) is 4.74 Å². The Morgan fingerprint density at radius 3 is 2.47 bits per heavy atom. The molecule has 0 aliphatic heterocycles. The molecule has 2 aromatic heterocycles. The number of carbonyl (C=O) groups excluding carboxylic acids is 1. The van der Waals surface area contributed by atoms with Crippen LogP contribution in [0.5, 0.6) is 5.75 Å². The molecule has 4 rings (SSSR count). The molecule has 2 heterocycles. The molecule has 0 atom stereocenters. The minimum atomic E-state index is -0.330. The first-order valence-electron chi connectivity index (χ1n) is 9.10. The van der Waals surface area contributed by atoms with Crippen molar-refractivity contribution >= 4 is 51.4 Å². The predicted molar refractivity (Wildman–Crippen MR) is 122 cm³/mol. The molecule has 0 aliphatic rings. The number of benzene rings is 2. The minimum absolute atomic E-state index is 0. The van der Waals surface area contributed by atoms with Gasteiger partial charge >= 0.3 is 5.97 Å². The highest BCUT2D eigenvalue weighted by atomic mass is 35.5. The molecule has 0 saturated carbocycles. The molecular formula is C22H20ClN3O3S. The topological polar surface area (TPSA) is 73.3 Å². The van der Waals surface area contributed by atoms with E-state index in [9.17, 15) is 4.79 Å². The molecule has 0 fully saturated rings. The van der Waals surface area contributed by atoms with Gasteiger partial charge in [0.1, 0.15) is 22.7 Å². The number of esters is 1. The van der Waals surface area contributed by atoms with Crippen molar-refractivity contribution in [2.45, 2.75) is 6.92 Å². The fourth-order valence-electron chi connectivity index (χ4n) is 2.99. The van der Waals surface area contributed by atoms with Crippen molar-refractivity contribution in [3.8, 4) is 16.9 Å². The maximum absolute atomic E-state index is 11.8. The Balaban J connectivity index is 0.00000256. The molecule has 30 heavy (non-hydrogen) atoms. The number of rotatable bonds is 6. The van der Waals surface area contributed by atoms with Crippen LogP contribution in [0.15, 0.2) is 60.2 Å². The number of nitrogens with zero attached hydrogens (tertiary/aromatic N) is 2. The zero-order chi connectivity index (χ0) is 20.2. The third kappa shape index (κ3) is 4.37. The quantitative estimate of drug-likeness (QED) is 0.386. The fourth-order valence-corrected chi connectivity index (χ4v) is 3.91. The van der Waals surface area contributed by atoms with Gasteiger partial charge in [0.25, 0.3) is 0 Å². The lowest BCUT2D eigenvalue weighted by Crippen LogP contribution is -2.04. The Kier molecular flexibility index (Phi) is 6.87. The van der Waals surface area contributed by atoms with Crippen LogP contribution in [0, 0.1) is 0 Å². The van der Waals surface area contributed by atoms with Crippen LogP contribution in [0.1, 0.15) is 17.3 Å². The standard InChI is InChI=1S/C22H19N3O3S.ClH/c1-3-28-22(26)15-4-8-16(9-5-15)25-20-19-18(12-29-21(19)24-13-23-20)14-6-10-17(27-2)11-7-14;/h4-13H,3H2,1-2H3,(H,23,24,25);1H. The van der Waals surface area contributed by atoms with Crippen LogP contribution in [0.3, 0.4) is 0 Å². The second-order valence-electron chi connectivity index (χ2n) is 6.20. The molecule has 0 saturated heterocycles. The van der Waals surface area contributed by atoms with Gasteiger partial charge in [-0.15, -0.1) is 23.7 Å². The molecule has 0 aliphatic carbocycles. The summed E-state index contributed by atoms with van der Waals surface area (Å²) >= 11 is 1.57. The van der Waals surface area contributed by atoms with Crippen LogP contribution < -0.4 is 10.1 Å². The number of methoxy groups -OCH3 is 1. The van der Waals surface area contributed by atoms with Gasteiger partial charge in [0.15, 0.2) is 0 Å². The number of fused-ring (bicyclic) bond motifs is 1. The van der Waals surface area contributed by atoms with E-state index in [1.807, 2.05) is 36.4 Å². The molecule has 0 spiro atoms. The lowest BCUT2D eigenvalue weighted by atomic mass is 10.1. The highest BCUT2D eigenvalue weighted by Gasteiger charge is 2.14. The molecule has 0 bridgehead atoms. The molecule has 6 nitrogen and oxygen atoms in total. The summed E-state index contributed by atoms with van der Waals surface area (Å²) in [7, 11) is 1.65. The Labute approximate surface area is 184 Å². The van der Waals surface area contributed by atoms with Crippen molar-refractivity contribution in [1.82, 2.24) is 9.97 Å². The molecular weight excluding hydrogens is 422 g/mol. The van der Waals surface area contributed by atoms with Gasteiger partial charge in [0.05, 0.1) is 24.7 Å². The number of carbonyl (C=O) groups is 1. The van der Waals surface area contributed by atoms with E-state index < -0.39 is 0 Å². The highest BCUT2D eigenvalue weighted by molar-refractivity contribution is 7.17. The lowest BCUT2D eigenvalue weighted by molar-refractivity contribution is 0.0526. The van der Waals surface area contributed by atoms with Gasteiger partial charge in [-0.3, -0.25) is 0 Å². The zero-order valence-electron chi connectivity index (χ0n) is 16.4. The number of anilines is 2. The summed E-state index contributed by atoms with van der Waals surface area (Å²) in [5.41, 5.74) is 3.45. The largest absolute Gasteiger partial charge is 0.497 e. The molecule has 1 N–H and O–H groups in total. The normalized spacial score (nSPS) is 10.3. The summed E-state index contributed by atoms with van der Waals surface area (Å²) in [6.07, 6.45) is 1.55. The van der Waals surface area contributed by atoms with Gasteiger partial charge in [0.2, 0.25) is 0 Å². The fraction of sp³-hybridized carbons (Fsp3) is 0.136. The van der Waals surface area contributed by atoms with Crippen molar-refractivity contribution < 1.29 is 14.3 Å². The lowest BCUT2D eigenvalue weighted by Gasteiger charge is -2.09. The van der Waals surface area contributed by atoms with Gasteiger partial charge < -0.3 is 14.8 Å². The first kappa shape index (κ1) is 21.5. The van der Waals surface area contributed by atoms with Crippen molar-refractivity contribution in [2.75, 3.05) is 19.0 Å². The van der Waals surface area contributed by atoms with Gasteiger partial charge in [-0.05, 0) is 48.9 Å². The zero-order valence-corrected chi connectivity index (χ0v) is 18.0. The van der Waals surface area contributed by atoms with Crippen molar-refractivity contribution in [2.24, 2.45) is 0 Å². The smallest absolute Gasteiger partial charge is 0.338 e. The number of ether oxygens (including phenoxy) is 2. The molecule has 0 amide bonds. The monoisotopic (exact) mass is 441 g/mol. The highest BCUT2D eigenvalue weighted by Crippen LogP contribution is 2.37. The van der Waals surface area contributed by atoms with Gasteiger partial charge in [-0.2, -0.15) is 0 Å². The van der Waals surface area contributed by atoms with E-state index in [2.05, 4.69) is 20.7 Å². The van der Waals surface area contributed by atoms with E-state index in [-0.39, 0.29) is 18.4 Å². The van der Waals surface area contributed by atoms with E-state index in [1.165, 1.54) is 0 Å². The van der Waals surface area contributed by atoms with Crippen LogP contribution in [-0.4, -0.2) is 29.7 Å². The molecule has 4 aromatic rings. The summed E-state index contributed by atoms with van der Waals surface area (Å²) in [5, 5.41) is 6.38. The van der Waals surface area contributed by atoms with Crippen LogP contribution >= 0.6 is 23.7 Å². The van der Waals surface area contributed by atoms with Crippen LogP contribution in [0.25, 0.3) is 21.3 Å². The first-order valence-corrected chi connectivity index (χ1v) is 9.98. The van der Waals surface area contributed by atoms with E-state index in [4.69, 9.17) is 9.47 Å². The predicted octanol–water partition coefficient (Wildman–Crippen LogP) is 5.71. The number of halogens is 1. The Bertz CT molecular complexity index is 1140. The van der Waals surface area contributed by atoms with E-state index in [0.29, 0.717) is 18.0 Å². The summed E-state index contributed by atoms with van der Waals surface area (Å²) in [6, 6.07) is 15.0.